The molecule has 2 aromatic carbocycles. The van der Waals surface area contributed by atoms with Gasteiger partial charge < -0.3 is 15.2 Å². The summed E-state index contributed by atoms with van der Waals surface area (Å²) in [7, 11) is 0. The molecule has 0 saturated heterocycles. The van der Waals surface area contributed by atoms with Gasteiger partial charge in [0.25, 0.3) is 0 Å². The van der Waals surface area contributed by atoms with Crippen molar-refractivity contribution >= 4 is 17.6 Å². The maximum atomic E-state index is 12.2. The number of ether oxygens (including phenoxy) is 1. The van der Waals surface area contributed by atoms with Crippen molar-refractivity contribution in [2.24, 2.45) is 0 Å². The van der Waals surface area contributed by atoms with Crippen LogP contribution < -0.4 is 10.1 Å². The number of rotatable bonds is 6. The lowest BCUT2D eigenvalue weighted by Crippen LogP contribution is -2.16. The molecule has 0 radical (unpaired) electrons. The molecule has 2 N–H and O–H groups in total. The normalized spacial score (nSPS) is 10.2. The molecule has 0 aliphatic carbocycles. The Morgan fingerprint density at radius 2 is 1.81 bits per heavy atom. The molecule has 130 valence electrons. The highest BCUT2D eigenvalue weighted by Crippen LogP contribution is 2.21. The summed E-state index contributed by atoms with van der Waals surface area (Å²) in [6, 6.07) is 13.2. The Balaban J connectivity index is 1.62. The van der Waals surface area contributed by atoms with Gasteiger partial charge in [-0.3, -0.25) is 9.78 Å². The first-order valence-electron chi connectivity index (χ1n) is 7.77. The van der Waals surface area contributed by atoms with E-state index >= 15 is 0 Å². The van der Waals surface area contributed by atoms with Crippen molar-refractivity contribution in [1.29, 1.82) is 0 Å². The topological polar surface area (TPSA) is 101 Å². The van der Waals surface area contributed by atoms with Crippen molar-refractivity contribution in [3.8, 4) is 11.6 Å². The van der Waals surface area contributed by atoms with Crippen molar-refractivity contribution in [3.63, 3.8) is 0 Å². The van der Waals surface area contributed by atoms with E-state index < -0.39 is 5.97 Å². The smallest absolute Gasteiger partial charge is 0.335 e. The highest BCUT2D eigenvalue weighted by atomic mass is 16.5. The number of nitrogens with zero attached hydrogens (tertiary/aromatic N) is 2. The summed E-state index contributed by atoms with van der Waals surface area (Å²) in [5, 5.41) is 11.9. The van der Waals surface area contributed by atoms with E-state index in [1.165, 1.54) is 18.5 Å². The van der Waals surface area contributed by atoms with Gasteiger partial charge in [0, 0.05) is 18.1 Å². The predicted molar refractivity (Wildman–Crippen MR) is 94.3 cm³/mol. The number of benzene rings is 2. The molecule has 0 aliphatic heterocycles. The summed E-state index contributed by atoms with van der Waals surface area (Å²) in [5.74, 6) is -0.436. The van der Waals surface area contributed by atoms with Gasteiger partial charge in [-0.25, -0.2) is 9.78 Å². The van der Waals surface area contributed by atoms with Crippen LogP contribution in [0.3, 0.4) is 0 Å². The minimum absolute atomic E-state index is 0.0275. The first-order chi connectivity index (χ1) is 12.6. The van der Waals surface area contributed by atoms with Crippen molar-refractivity contribution in [2.45, 2.75) is 6.42 Å². The number of carbonyl (C=O) groups is 2. The zero-order chi connectivity index (χ0) is 18.4. The fraction of sp³-hybridized carbons (Fsp3) is 0.0526. The summed E-state index contributed by atoms with van der Waals surface area (Å²) >= 11 is 0. The molecule has 26 heavy (non-hydrogen) atoms. The van der Waals surface area contributed by atoms with Crippen molar-refractivity contribution in [2.75, 3.05) is 5.32 Å². The quantitative estimate of drug-likeness (QED) is 0.709. The Bertz CT molecular complexity index is 912. The van der Waals surface area contributed by atoms with Gasteiger partial charge in [0.15, 0.2) is 0 Å². The number of carboxylic acid groups (broad SMARTS) is 1. The zero-order valence-corrected chi connectivity index (χ0v) is 13.6. The molecule has 0 aliphatic rings. The number of aromatic nitrogens is 2. The second-order valence-corrected chi connectivity index (χ2v) is 5.36. The molecule has 3 aromatic rings. The SMILES string of the molecule is O=C(Cc1ccccc1C(=O)O)Nc1ccc(Oc2cnccn2)cc1. The van der Waals surface area contributed by atoms with Crippen molar-refractivity contribution < 1.29 is 19.4 Å². The van der Waals surface area contributed by atoms with Gasteiger partial charge >= 0.3 is 5.97 Å². The van der Waals surface area contributed by atoms with Gasteiger partial charge in [-0.1, -0.05) is 18.2 Å². The Kier molecular flexibility index (Phi) is 5.19. The minimum atomic E-state index is -1.06. The van der Waals surface area contributed by atoms with E-state index in [4.69, 9.17) is 9.84 Å². The fourth-order valence-electron chi connectivity index (χ4n) is 2.33. The van der Waals surface area contributed by atoms with Crippen LogP contribution in [0.4, 0.5) is 5.69 Å². The average molecular weight is 349 g/mol. The monoisotopic (exact) mass is 349 g/mol. The molecule has 1 amide bonds. The highest BCUT2D eigenvalue weighted by Gasteiger charge is 2.12. The van der Waals surface area contributed by atoms with Crippen LogP contribution in [0.15, 0.2) is 67.1 Å². The molecule has 0 atom stereocenters. The molecule has 1 heterocycles. The summed E-state index contributed by atoms with van der Waals surface area (Å²) in [5.41, 5.74) is 1.16. The Hall–Kier alpha value is -3.74. The number of aromatic carboxylic acids is 1. The van der Waals surface area contributed by atoms with E-state index in [1.54, 1.807) is 48.7 Å². The first-order valence-corrected chi connectivity index (χ1v) is 7.77. The van der Waals surface area contributed by atoms with E-state index in [0.717, 1.165) is 0 Å². The molecule has 0 spiro atoms. The lowest BCUT2D eigenvalue weighted by Gasteiger charge is -2.09. The summed E-state index contributed by atoms with van der Waals surface area (Å²) in [6.07, 6.45) is 4.54. The molecule has 0 saturated carbocycles. The number of amides is 1. The van der Waals surface area contributed by atoms with Crippen LogP contribution in [0.25, 0.3) is 0 Å². The maximum Gasteiger partial charge on any atom is 0.335 e. The standard InChI is InChI=1S/C19H15N3O4/c23-17(11-13-3-1-2-4-16(13)19(24)25)22-14-5-7-15(8-6-14)26-18-12-20-9-10-21-18/h1-10,12H,11H2,(H,22,23)(H,24,25). The minimum Gasteiger partial charge on any atom is -0.478 e. The summed E-state index contributed by atoms with van der Waals surface area (Å²) in [6.45, 7) is 0. The van der Waals surface area contributed by atoms with Gasteiger partial charge in [0.05, 0.1) is 18.2 Å². The molecule has 7 nitrogen and oxygen atoms in total. The van der Waals surface area contributed by atoms with Gasteiger partial charge in [-0.2, -0.15) is 0 Å². The van der Waals surface area contributed by atoms with Crippen molar-refractivity contribution in [3.05, 3.63) is 78.2 Å². The lowest BCUT2D eigenvalue weighted by molar-refractivity contribution is -0.115. The Morgan fingerprint density at radius 1 is 1.04 bits per heavy atom. The highest BCUT2D eigenvalue weighted by molar-refractivity contribution is 5.96. The average Bonchev–Trinajstić information content (AvgIpc) is 2.64. The van der Waals surface area contributed by atoms with Gasteiger partial charge in [-0.15, -0.1) is 0 Å². The van der Waals surface area contributed by atoms with Crippen molar-refractivity contribution in [1.82, 2.24) is 9.97 Å². The van der Waals surface area contributed by atoms with Crippen LogP contribution in [0.5, 0.6) is 11.6 Å². The van der Waals surface area contributed by atoms with Crippen LogP contribution in [0.2, 0.25) is 0 Å². The molecule has 0 unspecified atom stereocenters. The third kappa shape index (κ3) is 4.41. The molecule has 0 bridgehead atoms. The zero-order valence-electron chi connectivity index (χ0n) is 13.6. The maximum absolute atomic E-state index is 12.2. The first kappa shape index (κ1) is 17.1. The molecule has 0 fully saturated rings. The Morgan fingerprint density at radius 3 is 2.50 bits per heavy atom. The van der Waals surface area contributed by atoms with E-state index in [2.05, 4.69) is 15.3 Å². The van der Waals surface area contributed by atoms with E-state index in [0.29, 0.717) is 22.9 Å². The third-order valence-electron chi connectivity index (χ3n) is 3.50. The number of hydrogen-bond acceptors (Lipinski definition) is 5. The molecule has 3 rings (SSSR count). The lowest BCUT2D eigenvalue weighted by atomic mass is 10.0. The van der Waals surface area contributed by atoms with Crippen LogP contribution in [0.1, 0.15) is 15.9 Å². The number of hydrogen-bond donors (Lipinski definition) is 2. The molecular weight excluding hydrogens is 334 g/mol. The van der Waals surface area contributed by atoms with Gasteiger partial charge in [0.2, 0.25) is 11.8 Å². The summed E-state index contributed by atoms with van der Waals surface area (Å²) < 4.78 is 5.52. The Labute approximate surface area is 149 Å². The van der Waals surface area contributed by atoms with Crippen LogP contribution in [-0.2, 0) is 11.2 Å². The second kappa shape index (κ2) is 7.89. The largest absolute Gasteiger partial charge is 0.478 e. The van der Waals surface area contributed by atoms with E-state index in [-0.39, 0.29) is 17.9 Å². The molecule has 1 aromatic heterocycles. The van der Waals surface area contributed by atoms with Gasteiger partial charge in [0.1, 0.15) is 5.75 Å². The third-order valence-corrected chi connectivity index (χ3v) is 3.50. The predicted octanol–water partition coefficient (Wildman–Crippen LogP) is 3.15. The van der Waals surface area contributed by atoms with E-state index in [1.807, 2.05) is 0 Å². The van der Waals surface area contributed by atoms with E-state index in [9.17, 15) is 9.59 Å². The second-order valence-electron chi connectivity index (χ2n) is 5.36. The number of nitrogens with one attached hydrogen (secondary N) is 1. The summed E-state index contributed by atoms with van der Waals surface area (Å²) in [4.78, 5) is 31.3. The van der Waals surface area contributed by atoms with Crippen LogP contribution >= 0.6 is 0 Å². The molecular formula is C19H15N3O4. The number of carbonyl (C=O) groups excluding carboxylic acids is 1. The number of anilines is 1. The van der Waals surface area contributed by atoms with Crippen LogP contribution in [0, 0.1) is 0 Å². The number of carboxylic acids is 1. The van der Waals surface area contributed by atoms with Gasteiger partial charge in [-0.05, 0) is 35.9 Å². The van der Waals surface area contributed by atoms with Crippen LogP contribution in [-0.4, -0.2) is 27.0 Å². The fourth-order valence-corrected chi connectivity index (χ4v) is 2.33. The molecule has 7 heteroatoms.